The van der Waals surface area contributed by atoms with Gasteiger partial charge in [-0.3, -0.25) is 9.59 Å². The molecule has 5 aliphatic heterocycles. The van der Waals surface area contributed by atoms with Gasteiger partial charge in [0.2, 0.25) is 0 Å². The molecule has 5 saturated heterocycles. The molecule has 1 N–H and O–H groups in total. The van der Waals surface area contributed by atoms with Gasteiger partial charge in [-0.2, -0.15) is 0 Å². The second-order valence-corrected chi connectivity index (χ2v) is 15.0. The van der Waals surface area contributed by atoms with E-state index in [0.29, 0.717) is 23.1 Å². The fraction of sp³-hybridized carbons (Fsp3) is 0.553. The Morgan fingerprint density at radius 2 is 1.41 bits per heavy atom. The van der Waals surface area contributed by atoms with Crippen LogP contribution < -0.4 is 0 Å². The summed E-state index contributed by atoms with van der Waals surface area (Å²) in [6.45, 7) is 14.2. The predicted octanol–water partition coefficient (Wildman–Crippen LogP) is 4.21. The van der Waals surface area contributed by atoms with Crippen LogP contribution in [0.5, 0.6) is 0 Å². The average Bonchev–Trinajstić information content (AvgIpc) is 3.29. The maximum atomic E-state index is 13.9. The van der Waals surface area contributed by atoms with Crippen LogP contribution in [0.2, 0.25) is 0 Å². The molecule has 260 valence electrons. The van der Waals surface area contributed by atoms with Crippen molar-refractivity contribution in [1.29, 1.82) is 0 Å². The van der Waals surface area contributed by atoms with Crippen LogP contribution in [0.3, 0.4) is 0 Å². The van der Waals surface area contributed by atoms with Gasteiger partial charge < -0.3 is 38.3 Å². The van der Waals surface area contributed by atoms with E-state index >= 15 is 0 Å². The average molecular weight is 675 g/mol. The highest BCUT2D eigenvalue weighted by Gasteiger charge is 2.92. The van der Waals surface area contributed by atoms with E-state index in [9.17, 15) is 19.5 Å². The zero-order chi connectivity index (χ0) is 34.9. The van der Waals surface area contributed by atoms with Crippen molar-refractivity contribution in [3.8, 4) is 0 Å². The summed E-state index contributed by atoms with van der Waals surface area (Å²) in [5.74, 6) is -5.80. The Labute approximate surface area is 284 Å². The van der Waals surface area contributed by atoms with Crippen molar-refractivity contribution in [2.75, 3.05) is 0 Å². The zero-order valence-corrected chi connectivity index (χ0v) is 28.4. The SMILES string of the molecule is C=C(C)C1(O)C2OC3(c4ccccc4)OC1C1C(OC(C)=O)C4(C)OC5(C(OC(C)=O)C(C)CC5C1(O3)C2C)C4OC(=O)c1ccccc1. The van der Waals surface area contributed by atoms with E-state index in [-0.39, 0.29) is 5.92 Å². The van der Waals surface area contributed by atoms with Gasteiger partial charge in [-0.1, -0.05) is 69.0 Å². The normalized spacial score (nSPS) is 46.8. The van der Waals surface area contributed by atoms with Crippen molar-refractivity contribution in [2.45, 2.75) is 107 Å². The third-order valence-electron chi connectivity index (χ3n) is 12.3. The molecule has 14 atom stereocenters. The van der Waals surface area contributed by atoms with Gasteiger partial charge in [-0.25, -0.2) is 4.79 Å². The molecule has 0 radical (unpaired) electrons. The Hall–Kier alpha value is -3.61. The van der Waals surface area contributed by atoms with E-state index in [4.69, 9.17) is 33.2 Å². The van der Waals surface area contributed by atoms with E-state index in [2.05, 4.69) is 6.58 Å². The largest absolute Gasteiger partial charge is 0.459 e. The van der Waals surface area contributed by atoms with E-state index in [1.165, 1.54) is 13.8 Å². The molecule has 2 saturated carbocycles. The van der Waals surface area contributed by atoms with Crippen LogP contribution in [-0.2, 0) is 48.7 Å². The number of hydrogen-bond acceptors (Lipinski definition) is 11. The number of ether oxygens (including phenoxy) is 7. The predicted molar refractivity (Wildman–Crippen MR) is 170 cm³/mol. The van der Waals surface area contributed by atoms with Crippen LogP contribution >= 0.6 is 0 Å². The summed E-state index contributed by atoms with van der Waals surface area (Å²) >= 11 is 0. The van der Waals surface area contributed by atoms with Gasteiger partial charge in [0, 0.05) is 31.2 Å². The third-order valence-corrected chi connectivity index (χ3v) is 12.3. The first kappa shape index (κ1) is 32.6. The molecular formula is C38H42O11. The number of carbonyl (C=O) groups is 3. The van der Waals surface area contributed by atoms with Gasteiger partial charge in [0.05, 0.1) is 17.1 Å². The maximum Gasteiger partial charge on any atom is 0.338 e. The molecule has 49 heavy (non-hydrogen) atoms. The Morgan fingerprint density at radius 1 is 0.816 bits per heavy atom. The number of fused-ring (bicyclic) bond motifs is 1. The van der Waals surface area contributed by atoms with Gasteiger partial charge in [0.1, 0.15) is 35.6 Å². The lowest BCUT2D eigenvalue weighted by Gasteiger charge is -2.72. The number of rotatable bonds is 6. The number of aliphatic hydroxyl groups is 1. The number of carbonyl (C=O) groups excluding carboxylic acids is 3. The summed E-state index contributed by atoms with van der Waals surface area (Å²) in [7, 11) is 0. The van der Waals surface area contributed by atoms with Crippen molar-refractivity contribution < 1.29 is 52.6 Å². The van der Waals surface area contributed by atoms with E-state index < -0.39 is 94.6 Å². The number of benzene rings is 2. The first-order chi connectivity index (χ1) is 23.2. The van der Waals surface area contributed by atoms with Crippen LogP contribution in [0.4, 0.5) is 0 Å². The summed E-state index contributed by atoms with van der Waals surface area (Å²) in [5.41, 5.74) is -4.61. The van der Waals surface area contributed by atoms with Crippen molar-refractivity contribution in [1.82, 2.24) is 0 Å². The minimum Gasteiger partial charge on any atom is -0.459 e. The lowest BCUT2D eigenvalue weighted by atomic mass is 9.51. The molecule has 11 nitrogen and oxygen atoms in total. The van der Waals surface area contributed by atoms with Crippen molar-refractivity contribution in [3.63, 3.8) is 0 Å². The maximum absolute atomic E-state index is 13.9. The topological polar surface area (TPSA) is 136 Å². The van der Waals surface area contributed by atoms with Gasteiger partial charge in [-0.05, 0) is 43.9 Å². The molecule has 2 aromatic carbocycles. The monoisotopic (exact) mass is 674 g/mol. The quantitative estimate of drug-likeness (QED) is 0.268. The van der Waals surface area contributed by atoms with Crippen molar-refractivity contribution in [3.05, 3.63) is 83.9 Å². The fourth-order valence-electron chi connectivity index (χ4n) is 10.6. The number of hydrogen-bond donors (Lipinski definition) is 1. The van der Waals surface area contributed by atoms with Crippen LogP contribution in [0.15, 0.2) is 72.8 Å². The fourth-order valence-corrected chi connectivity index (χ4v) is 10.6. The second kappa shape index (κ2) is 10.5. The summed E-state index contributed by atoms with van der Waals surface area (Å²) in [5, 5.41) is 12.7. The zero-order valence-electron chi connectivity index (χ0n) is 28.4. The minimum atomic E-state index is -1.75. The Kier molecular flexibility index (Phi) is 6.96. The van der Waals surface area contributed by atoms with Crippen LogP contribution in [0.25, 0.3) is 0 Å². The molecule has 14 unspecified atom stereocenters. The molecule has 6 bridgehead atoms. The molecule has 0 aromatic heterocycles. The highest BCUT2D eigenvalue weighted by molar-refractivity contribution is 5.89. The smallest absolute Gasteiger partial charge is 0.338 e. The van der Waals surface area contributed by atoms with Crippen LogP contribution in [0, 0.1) is 23.7 Å². The lowest BCUT2D eigenvalue weighted by Crippen LogP contribution is -2.86. The molecule has 9 rings (SSSR count). The summed E-state index contributed by atoms with van der Waals surface area (Å²) in [6, 6.07) is 17.8. The molecule has 2 aliphatic carbocycles. The Morgan fingerprint density at radius 3 is 2.02 bits per heavy atom. The summed E-state index contributed by atoms with van der Waals surface area (Å²) in [4.78, 5) is 39.8. The van der Waals surface area contributed by atoms with Crippen LogP contribution in [-0.4, -0.2) is 75.9 Å². The molecule has 7 fully saturated rings. The van der Waals surface area contributed by atoms with Crippen LogP contribution in [0.1, 0.15) is 63.9 Å². The highest BCUT2D eigenvalue weighted by Crippen LogP contribution is 2.76. The highest BCUT2D eigenvalue weighted by atomic mass is 16.9. The van der Waals surface area contributed by atoms with Gasteiger partial charge >= 0.3 is 23.9 Å². The molecule has 2 aromatic rings. The summed E-state index contributed by atoms with van der Waals surface area (Å²) in [6.07, 6.45) is -4.60. The van der Waals surface area contributed by atoms with Gasteiger partial charge in [-0.15, -0.1) is 0 Å². The summed E-state index contributed by atoms with van der Waals surface area (Å²) < 4.78 is 46.8. The van der Waals surface area contributed by atoms with Crippen molar-refractivity contribution >= 4 is 17.9 Å². The minimum absolute atomic E-state index is 0.263. The van der Waals surface area contributed by atoms with Gasteiger partial charge in [0.25, 0.3) is 0 Å². The molecule has 11 heteroatoms. The Bertz CT molecular complexity index is 1730. The molecular weight excluding hydrogens is 632 g/mol. The molecule has 5 heterocycles. The lowest BCUT2D eigenvalue weighted by molar-refractivity contribution is -0.584. The van der Waals surface area contributed by atoms with E-state index in [1.807, 2.05) is 44.2 Å². The number of esters is 3. The van der Waals surface area contributed by atoms with Crippen molar-refractivity contribution in [2.24, 2.45) is 23.7 Å². The molecule has 0 amide bonds. The molecule has 2 spiro atoms. The standard InChI is InChI=1S/C38H42O11/c1-19(2)35(42)29-21(4)36-26-18-20(3)28(43-22(5)39)37(26)33(45-32(41)24-14-10-8-11-15-24)34(7,48-37)30(44-23(6)40)27(36)31(35)47-38(46-29,49-36)25-16-12-9-13-17-25/h8-17,20-21,26-31,33,42H,1,18H2,2-7H3. The van der Waals surface area contributed by atoms with E-state index in [1.54, 1.807) is 44.2 Å². The Balaban J connectivity index is 1.40. The first-order valence-corrected chi connectivity index (χ1v) is 17.0. The third kappa shape index (κ3) is 3.93. The first-order valence-electron chi connectivity index (χ1n) is 17.0. The van der Waals surface area contributed by atoms with E-state index in [0.717, 1.165) is 0 Å². The molecule has 7 aliphatic rings. The second-order valence-electron chi connectivity index (χ2n) is 15.0. The van der Waals surface area contributed by atoms with Gasteiger partial charge in [0.15, 0.2) is 11.7 Å².